The van der Waals surface area contributed by atoms with E-state index in [0.29, 0.717) is 16.2 Å². The maximum Gasteiger partial charge on any atom is 0.336 e. The maximum absolute atomic E-state index is 11.3. The number of methoxy groups -OCH3 is 1. The number of carboxylic acids is 1. The predicted octanol–water partition coefficient (Wildman–Crippen LogP) is 3.50. The molecule has 0 aliphatic carbocycles. The summed E-state index contributed by atoms with van der Waals surface area (Å²) in [6, 6.07) is 13.5. The molecule has 2 aromatic rings. The summed E-state index contributed by atoms with van der Waals surface area (Å²) in [5, 5.41) is 19.7. The van der Waals surface area contributed by atoms with Crippen LogP contribution in [0.2, 0.25) is 0 Å². The number of carboxylic acid groups (broad SMARTS) is 1. The highest BCUT2D eigenvalue weighted by atomic mass is 32.2. The first-order valence-electron chi connectivity index (χ1n) is 6.76. The Morgan fingerprint density at radius 2 is 2.04 bits per heavy atom. The van der Waals surface area contributed by atoms with Gasteiger partial charge in [0.15, 0.2) is 0 Å². The van der Waals surface area contributed by atoms with E-state index in [0.717, 1.165) is 0 Å². The van der Waals surface area contributed by atoms with Crippen LogP contribution in [0.25, 0.3) is 0 Å². The van der Waals surface area contributed by atoms with Crippen molar-refractivity contribution in [2.24, 2.45) is 0 Å². The molecule has 7 heteroatoms. The molecule has 1 N–H and O–H groups in total. The molecule has 0 fully saturated rings. The Morgan fingerprint density at radius 1 is 1.30 bits per heavy atom. The predicted molar refractivity (Wildman–Crippen MR) is 86.9 cm³/mol. The second kappa shape index (κ2) is 7.64. The Labute approximate surface area is 137 Å². The first kappa shape index (κ1) is 16.8. The van der Waals surface area contributed by atoms with E-state index < -0.39 is 16.1 Å². The van der Waals surface area contributed by atoms with Gasteiger partial charge < -0.3 is 9.84 Å². The first-order chi connectivity index (χ1) is 11.0. The number of ether oxygens (including phenoxy) is 1. The van der Waals surface area contributed by atoms with Gasteiger partial charge in [-0.25, -0.2) is 4.79 Å². The quantitative estimate of drug-likeness (QED) is 0.474. The van der Waals surface area contributed by atoms with Crippen molar-refractivity contribution in [1.29, 1.82) is 0 Å². The second-order valence-corrected chi connectivity index (χ2v) is 5.94. The maximum atomic E-state index is 11.3. The Kier molecular flexibility index (Phi) is 5.59. The summed E-state index contributed by atoms with van der Waals surface area (Å²) in [7, 11) is 1.52. The van der Waals surface area contributed by atoms with Crippen LogP contribution >= 0.6 is 11.8 Å². The molecule has 0 aromatic heterocycles. The fourth-order valence-corrected chi connectivity index (χ4v) is 3.31. The molecule has 0 saturated heterocycles. The van der Waals surface area contributed by atoms with Crippen molar-refractivity contribution in [1.82, 2.24) is 0 Å². The van der Waals surface area contributed by atoms with E-state index in [9.17, 15) is 20.0 Å². The molecular weight excluding hydrogens is 318 g/mol. The van der Waals surface area contributed by atoms with Gasteiger partial charge in [-0.05, 0) is 29.8 Å². The van der Waals surface area contributed by atoms with Crippen LogP contribution < -0.4 is 4.74 Å². The third-order valence-corrected chi connectivity index (χ3v) is 4.48. The molecule has 0 aliphatic rings. The van der Waals surface area contributed by atoms with Gasteiger partial charge in [-0.2, -0.15) is 0 Å². The fourth-order valence-electron chi connectivity index (χ4n) is 2.09. The molecule has 0 amide bonds. The number of nitrogens with zero attached hydrogens (tertiary/aromatic N) is 1. The van der Waals surface area contributed by atoms with E-state index in [-0.39, 0.29) is 12.1 Å². The summed E-state index contributed by atoms with van der Waals surface area (Å²) in [5.41, 5.74) is 0.847. The molecule has 0 spiro atoms. The van der Waals surface area contributed by atoms with Gasteiger partial charge in [0.2, 0.25) is 6.54 Å². The van der Waals surface area contributed by atoms with E-state index in [1.807, 2.05) is 0 Å². The van der Waals surface area contributed by atoms with E-state index in [2.05, 4.69) is 0 Å². The van der Waals surface area contributed by atoms with Crippen molar-refractivity contribution >= 4 is 17.7 Å². The Hall–Kier alpha value is -2.54. The molecule has 6 nitrogen and oxygen atoms in total. The lowest BCUT2D eigenvalue weighted by molar-refractivity contribution is -0.479. The summed E-state index contributed by atoms with van der Waals surface area (Å²) in [6.45, 7) is -0.314. The van der Waals surface area contributed by atoms with Gasteiger partial charge in [-0.15, -0.1) is 11.8 Å². The van der Waals surface area contributed by atoms with Crippen LogP contribution in [0, 0.1) is 10.1 Å². The minimum absolute atomic E-state index is 0.133. The van der Waals surface area contributed by atoms with Gasteiger partial charge in [-0.1, -0.05) is 24.3 Å². The van der Waals surface area contributed by atoms with Gasteiger partial charge in [-0.3, -0.25) is 10.1 Å². The largest absolute Gasteiger partial charge is 0.497 e. The summed E-state index contributed by atoms with van der Waals surface area (Å²) >= 11 is 1.17. The zero-order valence-corrected chi connectivity index (χ0v) is 13.2. The van der Waals surface area contributed by atoms with Gasteiger partial charge in [0.25, 0.3) is 0 Å². The molecule has 1 atom stereocenters. The highest BCUT2D eigenvalue weighted by molar-refractivity contribution is 7.99. The average Bonchev–Trinajstić information content (AvgIpc) is 2.54. The summed E-state index contributed by atoms with van der Waals surface area (Å²) in [4.78, 5) is 22.4. The first-order valence-corrected chi connectivity index (χ1v) is 7.64. The molecule has 23 heavy (non-hydrogen) atoms. The van der Waals surface area contributed by atoms with Crippen molar-refractivity contribution in [3.8, 4) is 5.75 Å². The number of nitro groups is 1. The SMILES string of the molecule is COc1cccc([C@@H](C[N+](=O)[O-])Sc2ccccc2C(=O)O)c1. The van der Waals surface area contributed by atoms with Crippen LogP contribution in [0.15, 0.2) is 53.4 Å². The number of aromatic carboxylic acids is 1. The standard InChI is InChI=1S/C16H15NO5S/c1-22-12-6-4-5-11(9-12)15(10-17(20)21)23-14-8-3-2-7-13(14)16(18)19/h2-9,15H,10H2,1H3,(H,18,19)/t15-/m1/s1. The molecule has 2 aromatic carbocycles. The highest BCUT2D eigenvalue weighted by Gasteiger charge is 2.22. The molecular formula is C16H15NO5S. The van der Waals surface area contributed by atoms with Crippen LogP contribution in [0.1, 0.15) is 21.2 Å². The number of benzene rings is 2. The number of hydrogen-bond acceptors (Lipinski definition) is 5. The Bertz CT molecular complexity index is 719. The monoisotopic (exact) mass is 333 g/mol. The van der Waals surface area contributed by atoms with E-state index in [4.69, 9.17) is 4.74 Å². The molecule has 120 valence electrons. The van der Waals surface area contributed by atoms with E-state index >= 15 is 0 Å². The van der Waals surface area contributed by atoms with Crippen molar-refractivity contribution in [2.75, 3.05) is 13.7 Å². The van der Waals surface area contributed by atoms with Crippen LogP contribution in [0.4, 0.5) is 0 Å². The highest BCUT2D eigenvalue weighted by Crippen LogP contribution is 2.38. The fraction of sp³-hybridized carbons (Fsp3) is 0.188. The number of thioether (sulfide) groups is 1. The number of hydrogen-bond donors (Lipinski definition) is 1. The minimum Gasteiger partial charge on any atom is -0.497 e. The van der Waals surface area contributed by atoms with Crippen LogP contribution in [-0.4, -0.2) is 29.7 Å². The smallest absolute Gasteiger partial charge is 0.336 e. The number of carbonyl (C=O) groups is 1. The summed E-state index contributed by atoms with van der Waals surface area (Å²) in [6.07, 6.45) is 0. The van der Waals surface area contributed by atoms with E-state index in [1.165, 1.54) is 24.9 Å². The Morgan fingerprint density at radius 3 is 2.70 bits per heavy atom. The zero-order chi connectivity index (χ0) is 16.8. The van der Waals surface area contributed by atoms with Gasteiger partial charge >= 0.3 is 5.97 Å². The molecule has 0 unspecified atom stereocenters. The molecule has 0 radical (unpaired) electrons. The van der Waals surface area contributed by atoms with Crippen LogP contribution in [0.5, 0.6) is 5.75 Å². The lowest BCUT2D eigenvalue weighted by Gasteiger charge is -2.15. The lowest BCUT2D eigenvalue weighted by Crippen LogP contribution is -2.10. The summed E-state index contributed by atoms with van der Waals surface area (Å²) < 4.78 is 5.15. The molecule has 0 aliphatic heterocycles. The molecule has 0 heterocycles. The normalized spacial score (nSPS) is 11.7. The third kappa shape index (κ3) is 4.46. The van der Waals surface area contributed by atoms with Gasteiger partial charge in [0, 0.05) is 9.82 Å². The van der Waals surface area contributed by atoms with Crippen molar-refractivity contribution in [3.63, 3.8) is 0 Å². The molecule has 0 saturated carbocycles. The minimum atomic E-state index is -1.06. The summed E-state index contributed by atoms with van der Waals surface area (Å²) in [5.74, 6) is -0.457. The van der Waals surface area contributed by atoms with Crippen LogP contribution in [-0.2, 0) is 0 Å². The molecule has 2 rings (SSSR count). The topological polar surface area (TPSA) is 89.7 Å². The number of rotatable bonds is 7. The lowest BCUT2D eigenvalue weighted by atomic mass is 10.1. The average molecular weight is 333 g/mol. The van der Waals surface area contributed by atoms with Crippen LogP contribution in [0.3, 0.4) is 0 Å². The van der Waals surface area contributed by atoms with Crippen molar-refractivity contribution < 1.29 is 19.6 Å². The Balaban J connectivity index is 2.36. The molecule has 0 bridgehead atoms. The van der Waals surface area contributed by atoms with E-state index in [1.54, 1.807) is 42.5 Å². The van der Waals surface area contributed by atoms with Gasteiger partial charge in [0.05, 0.1) is 17.9 Å². The van der Waals surface area contributed by atoms with Crippen molar-refractivity contribution in [3.05, 3.63) is 69.8 Å². The third-order valence-electron chi connectivity index (χ3n) is 3.17. The zero-order valence-electron chi connectivity index (χ0n) is 12.3. The van der Waals surface area contributed by atoms with Crippen molar-refractivity contribution in [2.45, 2.75) is 10.1 Å². The second-order valence-electron chi connectivity index (χ2n) is 4.70. The van der Waals surface area contributed by atoms with Gasteiger partial charge in [0.1, 0.15) is 5.75 Å².